The molecule has 128 valence electrons. The zero-order valence-electron chi connectivity index (χ0n) is 14.9. The number of allylic oxidation sites excluding steroid dienone is 1. The van der Waals surface area contributed by atoms with E-state index >= 15 is 0 Å². The Kier molecular flexibility index (Phi) is 4.18. The highest BCUT2D eigenvalue weighted by molar-refractivity contribution is 6.32. The van der Waals surface area contributed by atoms with E-state index in [1.165, 1.54) is 22.3 Å². The summed E-state index contributed by atoms with van der Waals surface area (Å²) in [5.74, 6) is 0.0397. The molecule has 3 nitrogen and oxygen atoms in total. The second-order valence-corrected chi connectivity index (χ2v) is 6.77. The number of nitrogens with one attached hydrogen (secondary N) is 1. The molecule has 1 amide bonds. The van der Waals surface area contributed by atoms with E-state index in [0.29, 0.717) is 0 Å². The minimum Gasteiger partial charge on any atom is -0.321 e. The van der Waals surface area contributed by atoms with Gasteiger partial charge in [-0.2, -0.15) is 0 Å². The average Bonchev–Trinajstić information content (AvgIpc) is 2.97. The summed E-state index contributed by atoms with van der Waals surface area (Å²) in [6.45, 7) is 7.30. The molecule has 2 aromatic carbocycles. The van der Waals surface area contributed by atoms with Crippen molar-refractivity contribution >= 4 is 17.2 Å². The first-order chi connectivity index (χ1) is 12.2. The maximum atomic E-state index is 12.5. The highest BCUT2D eigenvalue weighted by Gasteiger charge is 2.31. The third kappa shape index (κ3) is 2.69. The lowest BCUT2D eigenvalue weighted by Gasteiger charge is -2.31. The van der Waals surface area contributed by atoms with Crippen molar-refractivity contribution in [2.75, 3.05) is 18.4 Å². The van der Waals surface area contributed by atoms with Crippen molar-refractivity contribution in [1.82, 2.24) is 4.90 Å². The third-order valence-electron chi connectivity index (χ3n) is 5.32. The van der Waals surface area contributed by atoms with Crippen LogP contribution in [-0.4, -0.2) is 23.9 Å². The Hall–Kier alpha value is -2.39. The molecular formula is C22H24N2O. The number of benzene rings is 2. The molecule has 0 saturated heterocycles. The number of hydrogen-bond donors (Lipinski definition) is 1. The van der Waals surface area contributed by atoms with E-state index in [4.69, 9.17) is 0 Å². The molecule has 2 aliphatic heterocycles. The molecule has 0 spiro atoms. The Morgan fingerprint density at radius 2 is 1.92 bits per heavy atom. The predicted octanol–water partition coefficient (Wildman–Crippen LogP) is 4.48. The summed E-state index contributed by atoms with van der Waals surface area (Å²) in [7, 11) is 0. The summed E-state index contributed by atoms with van der Waals surface area (Å²) < 4.78 is 0. The highest BCUT2D eigenvalue weighted by atomic mass is 16.2. The Bertz CT molecular complexity index is 852. The molecule has 2 aliphatic rings. The van der Waals surface area contributed by atoms with Crippen molar-refractivity contribution in [3.63, 3.8) is 0 Å². The van der Waals surface area contributed by atoms with Gasteiger partial charge in [-0.15, -0.1) is 0 Å². The standard InChI is InChI=1S/C22H24N2O/c1-3-8-17-19-13-18(15-9-6-5-7-10-15)16-11-12-24(4-2)14-20(16)21(19)23-22(17)25/h5-10,13H,3-4,11-12,14H2,1-2H3,(H,23,25)/b17-8-. The van der Waals surface area contributed by atoms with Gasteiger partial charge in [0.25, 0.3) is 5.91 Å². The number of carbonyl (C=O) groups excluding carboxylic acids is 1. The van der Waals surface area contributed by atoms with Gasteiger partial charge in [0.15, 0.2) is 0 Å². The molecule has 0 radical (unpaired) electrons. The zero-order chi connectivity index (χ0) is 17.4. The van der Waals surface area contributed by atoms with Crippen LogP contribution in [0.4, 0.5) is 5.69 Å². The summed E-state index contributed by atoms with van der Waals surface area (Å²) in [6.07, 6.45) is 3.94. The normalized spacial score (nSPS) is 18.2. The molecule has 25 heavy (non-hydrogen) atoms. The molecule has 0 aromatic heterocycles. The topological polar surface area (TPSA) is 32.3 Å². The summed E-state index contributed by atoms with van der Waals surface area (Å²) in [4.78, 5) is 15.0. The molecule has 0 atom stereocenters. The van der Waals surface area contributed by atoms with Gasteiger partial charge in [0, 0.05) is 24.2 Å². The maximum absolute atomic E-state index is 12.5. The fourth-order valence-corrected chi connectivity index (χ4v) is 4.02. The first kappa shape index (κ1) is 16.1. The Morgan fingerprint density at radius 1 is 1.12 bits per heavy atom. The molecule has 0 aliphatic carbocycles. The lowest BCUT2D eigenvalue weighted by atomic mass is 9.86. The van der Waals surface area contributed by atoms with Gasteiger partial charge in [-0.3, -0.25) is 9.69 Å². The van der Waals surface area contributed by atoms with Crippen LogP contribution in [0, 0.1) is 0 Å². The van der Waals surface area contributed by atoms with Crippen molar-refractivity contribution in [3.8, 4) is 11.1 Å². The van der Waals surface area contributed by atoms with Gasteiger partial charge in [0.2, 0.25) is 0 Å². The molecule has 0 saturated carbocycles. The molecular weight excluding hydrogens is 308 g/mol. The second-order valence-electron chi connectivity index (χ2n) is 6.77. The van der Waals surface area contributed by atoms with Crippen LogP contribution in [0.25, 0.3) is 16.7 Å². The van der Waals surface area contributed by atoms with E-state index in [9.17, 15) is 4.79 Å². The number of carbonyl (C=O) groups is 1. The van der Waals surface area contributed by atoms with Crippen LogP contribution in [0.3, 0.4) is 0 Å². The Labute approximate surface area is 149 Å². The second kappa shape index (κ2) is 6.49. The van der Waals surface area contributed by atoms with Crippen molar-refractivity contribution in [1.29, 1.82) is 0 Å². The van der Waals surface area contributed by atoms with E-state index in [0.717, 1.165) is 49.3 Å². The molecule has 4 rings (SSSR count). The number of hydrogen-bond acceptors (Lipinski definition) is 2. The van der Waals surface area contributed by atoms with Gasteiger partial charge in [-0.1, -0.05) is 50.3 Å². The van der Waals surface area contributed by atoms with Crippen molar-refractivity contribution in [2.45, 2.75) is 33.2 Å². The quantitative estimate of drug-likeness (QED) is 0.841. The van der Waals surface area contributed by atoms with E-state index in [-0.39, 0.29) is 5.91 Å². The molecule has 0 bridgehead atoms. The average molecular weight is 332 g/mol. The van der Waals surface area contributed by atoms with Gasteiger partial charge < -0.3 is 5.32 Å². The fraction of sp³-hybridized carbons (Fsp3) is 0.318. The van der Waals surface area contributed by atoms with Gasteiger partial charge >= 0.3 is 0 Å². The van der Waals surface area contributed by atoms with Crippen LogP contribution in [-0.2, 0) is 17.8 Å². The molecule has 0 fully saturated rings. The van der Waals surface area contributed by atoms with Crippen LogP contribution < -0.4 is 5.32 Å². The van der Waals surface area contributed by atoms with Crippen LogP contribution in [0.2, 0.25) is 0 Å². The minimum atomic E-state index is 0.0397. The molecule has 0 unspecified atom stereocenters. The monoisotopic (exact) mass is 332 g/mol. The number of anilines is 1. The van der Waals surface area contributed by atoms with Gasteiger partial charge in [-0.05, 0) is 47.7 Å². The van der Waals surface area contributed by atoms with Crippen molar-refractivity contribution in [3.05, 3.63) is 59.2 Å². The lowest BCUT2D eigenvalue weighted by Crippen LogP contribution is -2.31. The van der Waals surface area contributed by atoms with E-state index in [2.05, 4.69) is 60.5 Å². The van der Waals surface area contributed by atoms with Gasteiger partial charge in [-0.25, -0.2) is 0 Å². The van der Waals surface area contributed by atoms with Crippen LogP contribution in [0.1, 0.15) is 37.0 Å². The fourth-order valence-electron chi connectivity index (χ4n) is 4.02. The molecule has 2 aromatic rings. The first-order valence-corrected chi connectivity index (χ1v) is 9.21. The Balaban J connectivity index is 1.96. The van der Waals surface area contributed by atoms with E-state index in [1.54, 1.807) is 0 Å². The minimum absolute atomic E-state index is 0.0397. The molecule has 3 heteroatoms. The largest absolute Gasteiger partial charge is 0.321 e. The summed E-state index contributed by atoms with van der Waals surface area (Å²) in [5.41, 5.74) is 8.15. The van der Waals surface area contributed by atoms with Crippen LogP contribution in [0.5, 0.6) is 0 Å². The van der Waals surface area contributed by atoms with Crippen LogP contribution in [0.15, 0.2) is 42.5 Å². The predicted molar refractivity (Wildman–Crippen MR) is 103 cm³/mol. The smallest absolute Gasteiger partial charge is 0.256 e. The molecule has 1 N–H and O–H groups in total. The van der Waals surface area contributed by atoms with Crippen molar-refractivity contribution < 1.29 is 4.79 Å². The Morgan fingerprint density at radius 3 is 2.64 bits per heavy atom. The van der Waals surface area contributed by atoms with E-state index < -0.39 is 0 Å². The van der Waals surface area contributed by atoms with Gasteiger partial charge in [0.05, 0.1) is 5.69 Å². The summed E-state index contributed by atoms with van der Waals surface area (Å²) in [5, 5.41) is 3.15. The van der Waals surface area contributed by atoms with Gasteiger partial charge in [0.1, 0.15) is 0 Å². The summed E-state index contributed by atoms with van der Waals surface area (Å²) in [6, 6.07) is 12.8. The number of rotatable bonds is 3. The maximum Gasteiger partial charge on any atom is 0.256 e. The lowest BCUT2D eigenvalue weighted by molar-refractivity contribution is -0.110. The highest BCUT2D eigenvalue weighted by Crippen LogP contribution is 2.43. The number of likely N-dealkylation sites (N-methyl/N-ethyl adjacent to an activating group) is 1. The molecule has 2 heterocycles. The van der Waals surface area contributed by atoms with Crippen LogP contribution >= 0.6 is 0 Å². The number of amides is 1. The van der Waals surface area contributed by atoms with E-state index in [1.807, 2.05) is 6.08 Å². The summed E-state index contributed by atoms with van der Waals surface area (Å²) >= 11 is 0. The first-order valence-electron chi connectivity index (χ1n) is 9.21. The SMILES string of the molecule is CC/C=C1\C(=O)Nc2c1cc(-c1ccccc1)c1c2CN(CC)CC1. The number of nitrogens with zero attached hydrogens (tertiary/aromatic N) is 1. The zero-order valence-corrected chi connectivity index (χ0v) is 14.9. The third-order valence-corrected chi connectivity index (χ3v) is 5.32. The number of fused-ring (bicyclic) bond motifs is 3. The van der Waals surface area contributed by atoms with Crippen molar-refractivity contribution in [2.24, 2.45) is 0 Å².